The summed E-state index contributed by atoms with van der Waals surface area (Å²) in [5.41, 5.74) is 0.775. The van der Waals surface area contributed by atoms with E-state index in [2.05, 4.69) is 13.2 Å². The van der Waals surface area contributed by atoms with E-state index in [4.69, 9.17) is 10.2 Å². The Morgan fingerprint density at radius 3 is 1.63 bits per heavy atom. The molecule has 0 unspecified atom stereocenters. The van der Waals surface area contributed by atoms with Crippen LogP contribution in [0.1, 0.15) is 12.5 Å². The molecule has 0 heterocycles. The number of hydrogen-bond acceptors (Lipinski definition) is 2. The van der Waals surface area contributed by atoms with E-state index in [1.807, 2.05) is 25.1 Å². The first-order chi connectivity index (χ1) is 9.15. The Morgan fingerprint density at radius 2 is 1.32 bits per heavy atom. The minimum Gasteiger partial charge on any atom is -0.508 e. The van der Waals surface area contributed by atoms with Crippen LogP contribution in [0.3, 0.4) is 0 Å². The molecule has 0 atom stereocenters. The Hall–Kier alpha value is -2.48. The summed E-state index contributed by atoms with van der Waals surface area (Å²) in [6, 6.07) is 15.8. The van der Waals surface area contributed by atoms with Gasteiger partial charge in [0.15, 0.2) is 0 Å². The number of aromatic hydroxyl groups is 2. The Kier molecular flexibility index (Phi) is 9.27. The van der Waals surface area contributed by atoms with Crippen LogP contribution in [-0.2, 0) is 0 Å². The normalized spacial score (nSPS) is 8.05. The summed E-state index contributed by atoms with van der Waals surface area (Å²) < 4.78 is 0. The highest BCUT2D eigenvalue weighted by molar-refractivity contribution is 5.54. The minimum absolute atomic E-state index is 0.285. The molecule has 0 aliphatic rings. The zero-order chi connectivity index (χ0) is 14.5. The fourth-order valence-corrected chi connectivity index (χ4v) is 1.09. The summed E-state index contributed by atoms with van der Waals surface area (Å²) in [6.45, 7) is 8.78. The quantitative estimate of drug-likeness (QED) is 0.731. The minimum atomic E-state index is 0.285. The third-order valence-electron chi connectivity index (χ3n) is 1.91. The standard InChI is InChI=1S/C8H8O.C6H6O.C3H6/c1-2-7-5-3-4-6-8(7)9;7-6-4-2-1-3-5-6;1-3-2/h2-6,9H,1H2;1-5,7H;3H,1H2,2H3. The van der Waals surface area contributed by atoms with Gasteiger partial charge in [-0.15, -0.1) is 6.58 Å². The van der Waals surface area contributed by atoms with Crippen LogP contribution in [0.4, 0.5) is 0 Å². The van der Waals surface area contributed by atoms with Crippen molar-refractivity contribution < 1.29 is 10.2 Å². The molecule has 0 aromatic heterocycles. The average molecular weight is 256 g/mol. The van der Waals surface area contributed by atoms with Crippen LogP contribution in [0, 0.1) is 0 Å². The first-order valence-corrected chi connectivity index (χ1v) is 5.87. The third kappa shape index (κ3) is 8.27. The predicted molar refractivity (Wildman–Crippen MR) is 82.2 cm³/mol. The molecule has 0 saturated carbocycles. The van der Waals surface area contributed by atoms with Crippen molar-refractivity contribution in [2.45, 2.75) is 6.92 Å². The van der Waals surface area contributed by atoms with Gasteiger partial charge in [-0.2, -0.15) is 0 Å². The second kappa shape index (κ2) is 10.7. The first kappa shape index (κ1) is 16.5. The van der Waals surface area contributed by atoms with Gasteiger partial charge in [-0.1, -0.05) is 55.1 Å². The van der Waals surface area contributed by atoms with Crippen LogP contribution < -0.4 is 0 Å². The third-order valence-corrected chi connectivity index (χ3v) is 1.91. The van der Waals surface area contributed by atoms with Gasteiger partial charge in [0.05, 0.1) is 0 Å². The van der Waals surface area contributed by atoms with E-state index in [-0.39, 0.29) is 5.75 Å². The van der Waals surface area contributed by atoms with E-state index in [0.29, 0.717) is 5.75 Å². The maximum absolute atomic E-state index is 9.04. The summed E-state index contributed by atoms with van der Waals surface area (Å²) >= 11 is 0. The van der Waals surface area contributed by atoms with Crippen molar-refractivity contribution in [1.82, 2.24) is 0 Å². The van der Waals surface area contributed by atoms with Crippen LogP contribution in [0.25, 0.3) is 6.08 Å². The lowest BCUT2D eigenvalue weighted by molar-refractivity contribution is 0.474. The summed E-state index contributed by atoms with van der Waals surface area (Å²) in [5, 5.41) is 17.7. The van der Waals surface area contributed by atoms with Gasteiger partial charge >= 0.3 is 0 Å². The van der Waals surface area contributed by atoms with E-state index >= 15 is 0 Å². The summed E-state index contributed by atoms with van der Waals surface area (Å²) in [7, 11) is 0. The molecular formula is C17H20O2. The number of rotatable bonds is 1. The topological polar surface area (TPSA) is 40.5 Å². The number of benzene rings is 2. The van der Waals surface area contributed by atoms with Crippen molar-refractivity contribution in [1.29, 1.82) is 0 Å². The molecule has 2 heteroatoms. The lowest BCUT2D eigenvalue weighted by atomic mass is 10.2. The van der Waals surface area contributed by atoms with Crippen molar-refractivity contribution in [2.75, 3.05) is 0 Å². The molecule has 0 fully saturated rings. The molecule has 0 spiro atoms. The Bertz CT molecular complexity index is 476. The molecule has 100 valence electrons. The van der Waals surface area contributed by atoms with Gasteiger partial charge in [-0.05, 0) is 25.1 Å². The summed E-state index contributed by atoms with van der Waals surface area (Å²) in [4.78, 5) is 0. The number of phenols is 2. The van der Waals surface area contributed by atoms with E-state index in [0.717, 1.165) is 5.56 Å². The SMILES string of the molecule is C=CC.C=Cc1ccccc1O.Oc1ccccc1. The molecule has 0 bridgehead atoms. The Balaban J connectivity index is 0.000000289. The fourth-order valence-electron chi connectivity index (χ4n) is 1.09. The highest BCUT2D eigenvalue weighted by Gasteiger charge is 1.89. The largest absolute Gasteiger partial charge is 0.508 e. The van der Waals surface area contributed by atoms with Crippen LogP contribution in [0.5, 0.6) is 11.5 Å². The average Bonchev–Trinajstić information content (AvgIpc) is 2.42. The predicted octanol–water partition coefficient (Wildman–Crippen LogP) is 4.62. The maximum Gasteiger partial charge on any atom is 0.122 e. The molecule has 2 rings (SSSR count). The first-order valence-electron chi connectivity index (χ1n) is 5.87. The van der Waals surface area contributed by atoms with Crippen LogP contribution in [0.15, 0.2) is 73.8 Å². The van der Waals surface area contributed by atoms with Gasteiger partial charge in [-0.3, -0.25) is 0 Å². The number of phenolic OH excluding ortho intramolecular Hbond substituents is 2. The van der Waals surface area contributed by atoms with Crippen LogP contribution in [0.2, 0.25) is 0 Å². The molecule has 2 N–H and O–H groups in total. The molecule has 0 saturated heterocycles. The zero-order valence-corrected chi connectivity index (χ0v) is 11.2. The molecule has 0 amide bonds. The Morgan fingerprint density at radius 1 is 0.842 bits per heavy atom. The van der Waals surface area contributed by atoms with Crippen molar-refractivity contribution in [3.8, 4) is 11.5 Å². The van der Waals surface area contributed by atoms with Gasteiger partial charge in [0.25, 0.3) is 0 Å². The number of allylic oxidation sites excluding steroid dienone is 1. The molecule has 2 aromatic carbocycles. The fraction of sp³-hybridized carbons (Fsp3) is 0.0588. The molecule has 2 nitrogen and oxygen atoms in total. The van der Waals surface area contributed by atoms with Crippen molar-refractivity contribution >= 4 is 6.08 Å². The van der Waals surface area contributed by atoms with Gasteiger partial charge in [-0.25, -0.2) is 0 Å². The summed E-state index contributed by atoms with van der Waals surface area (Å²) in [6.07, 6.45) is 3.37. The van der Waals surface area contributed by atoms with Crippen molar-refractivity contribution in [2.24, 2.45) is 0 Å². The second-order valence-electron chi connectivity index (χ2n) is 3.51. The monoisotopic (exact) mass is 256 g/mol. The number of hydrogen-bond donors (Lipinski definition) is 2. The molecule has 0 aliphatic carbocycles. The molecular weight excluding hydrogens is 236 g/mol. The van der Waals surface area contributed by atoms with E-state index in [9.17, 15) is 0 Å². The Labute approximate surface area is 115 Å². The van der Waals surface area contributed by atoms with E-state index in [1.165, 1.54) is 0 Å². The van der Waals surface area contributed by atoms with Gasteiger partial charge in [0.2, 0.25) is 0 Å². The maximum atomic E-state index is 9.04. The highest BCUT2D eigenvalue weighted by atomic mass is 16.3. The lowest BCUT2D eigenvalue weighted by Gasteiger charge is -1.93. The van der Waals surface area contributed by atoms with Crippen molar-refractivity contribution in [3.63, 3.8) is 0 Å². The van der Waals surface area contributed by atoms with E-state index in [1.54, 1.807) is 48.6 Å². The summed E-state index contributed by atoms with van der Waals surface area (Å²) in [5.74, 6) is 0.606. The second-order valence-corrected chi connectivity index (χ2v) is 3.51. The van der Waals surface area contributed by atoms with E-state index < -0.39 is 0 Å². The zero-order valence-electron chi connectivity index (χ0n) is 11.2. The molecule has 19 heavy (non-hydrogen) atoms. The van der Waals surface area contributed by atoms with Crippen LogP contribution >= 0.6 is 0 Å². The highest BCUT2D eigenvalue weighted by Crippen LogP contribution is 2.15. The number of para-hydroxylation sites is 2. The molecule has 2 aromatic rings. The van der Waals surface area contributed by atoms with Gasteiger partial charge in [0.1, 0.15) is 11.5 Å². The van der Waals surface area contributed by atoms with Gasteiger partial charge in [0, 0.05) is 5.56 Å². The van der Waals surface area contributed by atoms with Crippen LogP contribution in [-0.4, -0.2) is 10.2 Å². The lowest BCUT2D eigenvalue weighted by Crippen LogP contribution is -1.69. The molecule has 0 radical (unpaired) electrons. The van der Waals surface area contributed by atoms with Gasteiger partial charge < -0.3 is 10.2 Å². The molecule has 0 aliphatic heterocycles. The van der Waals surface area contributed by atoms with Crippen molar-refractivity contribution in [3.05, 3.63) is 79.4 Å². The smallest absolute Gasteiger partial charge is 0.122 e.